The van der Waals surface area contributed by atoms with Gasteiger partial charge in [0.1, 0.15) is 0 Å². The second-order valence-corrected chi connectivity index (χ2v) is 5.68. The molecule has 1 aliphatic carbocycles. The van der Waals surface area contributed by atoms with E-state index in [1.54, 1.807) is 6.92 Å². The van der Waals surface area contributed by atoms with Crippen LogP contribution in [0.1, 0.15) is 23.6 Å². The molecule has 1 aliphatic rings. The van der Waals surface area contributed by atoms with Gasteiger partial charge in [0.15, 0.2) is 5.67 Å². The highest BCUT2D eigenvalue weighted by molar-refractivity contribution is 5.82. The molecule has 1 atom stereocenters. The summed E-state index contributed by atoms with van der Waals surface area (Å²) >= 11 is 0. The van der Waals surface area contributed by atoms with Crippen molar-refractivity contribution in [1.29, 1.82) is 0 Å². The fourth-order valence-electron chi connectivity index (χ4n) is 2.87. The predicted octanol–water partition coefficient (Wildman–Crippen LogP) is 4.27. The van der Waals surface area contributed by atoms with Gasteiger partial charge in [0.05, 0.1) is 0 Å². The van der Waals surface area contributed by atoms with E-state index in [4.69, 9.17) is 0 Å². The summed E-state index contributed by atoms with van der Waals surface area (Å²) in [6.07, 6.45) is 0. The van der Waals surface area contributed by atoms with Crippen LogP contribution in [0.5, 0.6) is 0 Å². The average Bonchev–Trinajstić information content (AvgIpc) is 2.58. The fourth-order valence-corrected chi connectivity index (χ4v) is 2.87. The molecule has 0 fully saturated rings. The van der Waals surface area contributed by atoms with Crippen LogP contribution in [-0.2, 0) is 5.67 Å². The Labute approximate surface area is 113 Å². The van der Waals surface area contributed by atoms with Gasteiger partial charge in [0.25, 0.3) is 0 Å². The molecule has 0 N–H and O–H groups in total. The van der Waals surface area contributed by atoms with Crippen molar-refractivity contribution >= 4 is 5.69 Å². The van der Waals surface area contributed by atoms with Crippen LogP contribution in [0, 0.1) is 6.92 Å². The van der Waals surface area contributed by atoms with Gasteiger partial charge in [-0.25, -0.2) is 4.39 Å². The Balaban J connectivity index is 2.28. The van der Waals surface area contributed by atoms with E-state index in [1.165, 1.54) is 5.56 Å². The zero-order chi connectivity index (χ0) is 13.8. The molecule has 19 heavy (non-hydrogen) atoms. The smallest absolute Gasteiger partial charge is 0.159 e. The molecule has 2 aromatic carbocycles. The monoisotopic (exact) mass is 255 g/mol. The molecule has 0 heterocycles. The van der Waals surface area contributed by atoms with Gasteiger partial charge in [-0.1, -0.05) is 29.8 Å². The van der Waals surface area contributed by atoms with Crippen molar-refractivity contribution < 1.29 is 4.39 Å². The van der Waals surface area contributed by atoms with Gasteiger partial charge in [-0.15, -0.1) is 0 Å². The number of fused-ring (bicyclic) bond motifs is 3. The molecule has 0 bridgehead atoms. The highest BCUT2D eigenvalue weighted by Crippen LogP contribution is 2.50. The van der Waals surface area contributed by atoms with E-state index < -0.39 is 5.67 Å². The molecule has 0 spiro atoms. The molecule has 0 aliphatic heterocycles. The molecular weight excluding hydrogens is 237 g/mol. The largest absolute Gasteiger partial charge is 0.378 e. The summed E-state index contributed by atoms with van der Waals surface area (Å²) in [6.45, 7) is 3.70. The number of hydrogen-bond acceptors (Lipinski definition) is 1. The first-order chi connectivity index (χ1) is 8.91. The molecule has 2 aromatic rings. The van der Waals surface area contributed by atoms with Crippen LogP contribution in [0.25, 0.3) is 11.1 Å². The van der Waals surface area contributed by atoms with E-state index in [0.717, 1.165) is 27.9 Å². The Bertz CT molecular complexity index is 656. The number of nitrogens with zero attached hydrogens (tertiary/aromatic N) is 1. The first kappa shape index (κ1) is 12.2. The van der Waals surface area contributed by atoms with E-state index in [0.29, 0.717) is 0 Å². The second-order valence-electron chi connectivity index (χ2n) is 5.68. The standard InChI is InChI=1S/C17H18FN/c1-11-5-8-15-14(9-11)13-7-6-12(19(3)4)10-16(13)17(15,2)18/h5-10H,1-4H3. The maximum Gasteiger partial charge on any atom is 0.159 e. The number of alkyl halides is 1. The minimum atomic E-state index is -1.40. The summed E-state index contributed by atoms with van der Waals surface area (Å²) in [5.41, 5.74) is 4.42. The molecule has 0 aromatic heterocycles. The van der Waals surface area contributed by atoms with Gasteiger partial charge in [-0.05, 0) is 37.1 Å². The zero-order valence-corrected chi connectivity index (χ0v) is 11.8. The molecule has 0 amide bonds. The summed E-state index contributed by atoms with van der Waals surface area (Å²) in [7, 11) is 3.95. The van der Waals surface area contributed by atoms with Crippen LogP contribution in [0.3, 0.4) is 0 Å². The van der Waals surface area contributed by atoms with Crippen molar-refractivity contribution in [3.8, 4) is 11.1 Å². The van der Waals surface area contributed by atoms with E-state index in [1.807, 2.05) is 56.3 Å². The van der Waals surface area contributed by atoms with Crippen LogP contribution >= 0.6 is 0 Å². The number of aryl methyl sites for hydroxylation is 1. The molecule has 98 valence electrons. The third kappa shape index (κ3) is 1.66. The van der Waals surface area contributed by atoms with Crippen molar-refractivity contribution in [2.75, 3.05) is 19.0 Å². The van der Waals surface area contributed by atoms with Crippen LogP contribution in [0.4, 0.5) is 10.1 Å². The second kappa shape index (κ2) is 3.83. The quantitative estimate of drug-likeness (QED) is 0.735. The van der Waals surface area contributed by atoms with Crippen LogP contribution in [0.2, 0.25) is 0 Å². The van der Waals surface area contributed by atoms with Crippen LogP contribution in [-0.4, -0.2) is 14.1 Å². The maximum absolute atomic E-state index is 15.2. The zero-order valence-electron chi connectivity index (χ0n) is 11.8. The van der Waals surface area contributed by atoms with E-state index in [2.05, 4.69) is 6.07 Å². The molecule has 2 heteroatoms. The first-order valence-corrected chi connectivity index (χ1v) is 6.53. The third-order valence-electron chi connectivity index (χ3n) is 4.00. The SMILES string of the molecule is Cc1ccc2c(c1)-c1ccc(N(C)C)cc1C2(C)F. The van der Waals surface area contributed by atoms with Crippen molar-refractivity contribution in [3.63, 3.8) is 0 Å². The van der Waals surface area contributed by atoms with E-state index in [-0.39, 0.29) is 0 Å². The van der Waals surface area contributed by atoms with Crippen molar-refractivity contribution in [3.05, 3.63) is 53.1 Å². The molecule has 1 unspecified atom stereocenters. The van der Waals surface area contributed by atoms with Crippen LogP contribution in [0.15, 0.2) is 36.4 Å². The first-order valence-electron chi connectivity index (χ1n) is 6.53. The highest BCUT2D eigenvalue weighted by atomic mass is 19.1. The lowest BCUT2D eigenvalue weighted by molar-refractivity contribution is 0.258. The van der Waals surface area contributed by atoms with E-state index in [9.17, 15) is 0 Å². The van der Waals surface area contributed by atoms with Crippen LogP contribution < -0.4 is 4.90 Å². The van der Waals surface area contributed by atoms with Crippen molar-refractivity contribution in [2.45, 2.75) is 19.5 Å². The van der Waals surface area contributed by atoms with Gasteiger partial charge in [0, 0.05) is 30.9 Å². The summed E-state index contributed by atoms with van der Waals surface area (Å²) in [5, 5.41) is 0. The van der Waals surface area contributed by atoms with Crippen molar-refractivity contribution in [2.24, 2.45) is 0 Å². The third-order valence-corrected chi connectivity index (χ3v) is 4.00. The minimum absolute atomic E-state index is 0.777. The highest BCUT2D eigenvalue weighted by Gasteiger charge is 2.39. The lowest BCUT2D eigenvalue weighted by Gasteiger charge is -2.19. The molecule has 0 saturated heterocycles. The molecule has 0 saturated carbocycles. The van der Waals surface area contributed by atoms with E-state index >= 15 is 4.39 Å². The summed E-state index contributed by atoms with van der Waals surface area (Å²) < 4.78 is 15.2. The Kier molecular flexibility index (Phi) is 2.46. The Morgan fingerprint density at radius 2 is 1.68 bits per heavy atom. The lowest BCUT2D eigenvalue weighted by atomic mass is 9.95. The molecule has 0 radical (unpaired) electrons. The van der Waals surface area contributed by atoms with Gasteiger partial charge in [-0.3, -0.25) is 0 Å². The summed E-state index contributed by atoms with van der Waals surface area (Å²) in [6, 6.07) is 12.0. The average molecular weight is 255 g/mol. The van der Waals surface area contributed by atoms with Gasteiger partial charge < -0.3 is 4.90 Å². The Morgan fingerprint density at radius 3 is 2.37 bits per heavy atom. The van der Waals surface area contributed by atoms with Gasteiger partial charge in [0.2, 0.25) is 0 Å². The molecular formula is C17H18FN. The number of rotatable bonds is 1. The maximum atomic E-state index is 15.2. The lowest BCUT2D eigenvalue weighted by Crippen LogP contribution is -2.15. The number of anilines is 1. The molecule has 3 rings (SSSR count). The number of benzene rings is 2. The summed E-state index contributed by atoms with van der Waals surface area (Å²) in [5.74, 6) is 0. The number of hydrogen-bond donors (Lipinski definition) is 0. The summed E-state index contributed by atoms with van der Waals surface area (Å²) in [4.78, 5) is 2.00. The fraction of sp³-hybridized carbons (Fsp3) is 0.294. The Hall–Kier alpha value is -1.83. The number of halogens is 1. The van der Waals surface area contributed by atoms with Gasteiger partial charge in [-0.2, -0.15) is 0 Å². The predicted molar refractivity (Wildman–Crippen MR) is 78.5 cm³/mol. The Morgan fingerprint density at radius 1 is 0.947 bits per heavy atom. The molecule has 1 nitrogen and oxygen atoms in total. The topological polar surface area (TPSA) is 3.24 Å². The minimum Gasteiger partial charge on any atom is -0.378 e. The normalized spacial score (nSPS) is 20.1. The van der Waals surface area contributed by atoms with Crippen molar-refractivity contribution in [1.82, 2.24) is 0 Å². The van der Waals surface area contributed by atoms with Gasteiger partial charge >= 0.3 is 0 Å².